The molecule has 0 unspecified atom stereocenters. The van der Waals surface area contributed by atoms with Crippen molar-refractivity contribution in [1.82, 2.24) is 40.4 Å². The second-order valence-corrected chi connectivity index (χ2v) is 14.5. The fourth-order valence-electron chi connectivity index (χ4n) is 6.93. The minimum Gasteiger partial charge on any atom is -0.453 e. The van der Waals surface area contributed by atoms with Gasteiger partial charge in [-0.05, 0) is 34.1 Å². The van der Waals surface area contributed by atoms with Crippen molar-refractivity contribution in [3.63, 3.8) is 0 Å². The lowest BCUT2D eigenvalue weighted by Crippen LogP contribution is -2.54. The van der Waals surface area contributed by atoms with E-state index in [9.17, 15) is 19.2 Å². The van der Waals surface area contributed by atoms with Gasteiger partial charge in [0.25, 0.3) is 0 Å². The molecule has 16 heteroatoms. The molecule has 4 aromatic rings. The molecule has 56 heavy (non-hydrogen) atoms. The number of alkyl carbamates (subject to hydrolysis) is 2. The van der Waals surface area contributed by atoms with Crippen molar-refractivity contribution in [3.05, 3.63) is 72.6 Å². The van der Waals surface area contributed by atoms with Crippen molar-refractivity contribution in [2.75, 3.05) is 53.7 Å². The zero-order chi connectivity index (χ0) is 39.9. The van der Waals surface area contributed by atoms with Crippen LogP contribution >= 0.6 is 0 Å². The molecule has 4 amide bonds. The maximum absolute atomic E-state index is 13.6. The number of aromatic amines is 2. The van der Waals surface area contributed by atoms with Crippen molar-refractivity contribution in [2.24, 2.45) is 11.8 Å². The number of aromatic nitrogens is 4. The van der Waals surface area contributed by atoms with Crippen LogP contribution in [-0.4, -0.2) is 120 Å². The molecule has 16 nitrogen and oxygen atoms in total. The Bertz CT molecular complexity index is 1830. The minimum absolute atomic E-state index is 0.153. The number of ether oxygens (including phenoxy) is 4. The molecule has 2 aromatic carbocycles. The van der Waals surface area contributed by atoms with Gasteiger partial charge in [0.2, 0.25) is 11.8 Å². The Kier molecular flexibility index (Phi) is 12.7. The van der Waals surface area contributed by atoms with Crippen LogP contribution in [0.2, 0.25) is 0 Å². The molecule has 0 radical (unpaired) electrons. The molecule has 4 atom stereocenters. The van der Waals surface area contributed by atoms with E-state index in [0.29, 0.717) is 38.0 Å². The molecule has 6 rings (SSSR count). The molecule has 2 aliphatic heterocycles. The highest BCUT2D eigenvalue weighted by Gasteiger charge is 2.38. The highest BCUT2D eigenvalue weighted by Crippen LogP contribution is 2.31. The Morgan fingerprint density at radius 3 is 1.34 bits per heavy atom. The SMILES string of the molecule is COC(=O)N[C@H](C(=O)N1CCOC[C@H]1c1ncc(-c2ccc(-c3ccc(-c4cnc([C@@H]5COCCN5C(=O)[C@@H](NC(=O)OC)C(C)C)[nH]4)cc3)cc2)[nH]1)C(C)C. The number of benzene rings is 2. The van der Waals surface area contributed by atoms with Crippen LogP contribution in [-0.2, 0) is 28.5 Å². The first-order valence-corrected chi connectivity index (χ1v) is 18.8. The maximum atomic E-state index is 13.6. The molecule has 2 fully saturated rings. The Morgan fingerprint density at radius 2 is 1.00 bits per heavy atom. The third-order valence-corrected chi connectivity index (χ3v) is 10.2. The third-order valence-electron chi connectivity index (χ3n) is 10.2. The average Bonchev–Trinajstić information content (AvgIpc) is 3.93. The lowest BCUT2D eigenvalue weighted by Gasteiger charge is -2.37. The van der Waals surface area contributed by atoms with Crippen LogP contribution in [0.25, 0.3) is 33.6 Å². The number of imidazole rings is 2. The Labute approximate surface area is 325 Å². The van der Waals surface area contributed by atoms with Gasteiger partial charge in [0.1, 0.15) is 35.8 Å². The summed E-state index contributed by atoms with van der Waals surface area (Å²) in [5.41, 5.74) is 5.49. The second-order valence-electron chi connectivity index (χ2n) is 14.5. The van der Waals surface area contributed by atoms with E-state index in [4.69, 9.17) is 18.9 Å². The third kappa shape index (κ3) is 8.87. The number of methoxy groups -OCH3 is 2. The topological polar surface area (TPSA) is 193 Å². The second kappa shape index (κ2) is 17.8. The molecule has 0 saturated carbocycles. The molecular formula is C40H50N8O8. The fraction of sp³-hybridized carbons (Fsp3) is 0.450. The number of rotatable bonds is 11. The monoisotopic (exact) mass is 770 g/mol. The molecule has 0 aliphatic carbocycles. The first-order chi connectivity index (χ1) is 27.0. The van der Waals surface area contributed by atoms with Crippen LogP contribution < -0.4 is 10.6 Å². The summed E-state index contributed by atoms with van der Waals surface area (Å²) in [5.74, 6) is 0.453. The van der Waals surface area contributed by atoms with Gasteiger partial charge in [0.05, 0.1) is 64.4 Å². The largest absolute Gasteiger partial charge is 0.453 e. The van der Waals surface area contributed by atoms with Crippen LogP contribution in [0.4, 0.5) is 9.59 Å². The van der Waals surface area contributed by atoms with E-state index < -0.39 is 36.4 Å². The molecule has 4 N–H and O–H groups in total. The summed E-state index contributed by atoms with van der Waals surface area (Å²) in [6.07, 6.45) is 2.18. The van der Waals surface area contributed by atoms with Gasteiger partial charge in [-0.15, -0.1) is 0 Å². The summed E-state index contributed by atoms with van der Waals surface area (Å²) in [7, 11) is 2.54. The van der Waals surface area contributed by atoms with Crippen molar-refractivity contribution < 1.29 is 38.1 Å². The van der Waals surface area contributed by atoms with E-state index in [0.717, 1.165) is 33.6 Å². The van der Waals surface area contributed by atoms with E-state index >= 15 is 0 Å². The summed E-state index contributed by atoms with van der Waals surface area (Å²) in [6.45, 7) is 9.55. The van der Waals surface area contributed by atoms with Gasteiger partial charge in [-0.3, -0.25) is 9.59 Å². The highest BCUT2D eigenvalue weighted by atomic mass is 16.5. The van der Waals surface area contributed by atoms with E-state index in [1.807, 2.05) is 76.2 Å². The Hall–Kier alpha value is -5.74. The van der Waals surface area contributed by atoms with Gasteiger partial charge in [-0.1, -0.05) is 76.2 Å². The number of amides is 4. The first kappa shape index (κ1) is 39.9. The van der Waals surface area contributed by atoms with Crippen molar-refractivity contribution in [2.45, 2.75) is 51.9 Å². The minimum atomic E-state index is -0.752. The van der Waals surface area contributed by atoms with Crippen LogP contribution in [0, 0.1) is 11.8 Å². The number of nitrogens with one attached hydrogen (secondary N) is 4. The summed E-state index contributed by atoms with van der Waals surface area (Å²) in [4.78, 5) is 70.6. The van der Waals surface area contributed by atoms with E-state index in [1.54, 1.807) is 22.2 Å². The van der Waals surface area contributed by atoms with E-state index in [2.05, 4.69) is 30.6 Å². The fourth-order valence-corrected chi connectivity index (χ4v) is 6.93. The van der Waals surface area contributed by atoms with Crippen LogP contribution in [0.3, 0.4) is 0 Å². The normalized spacial score (nSPS) is 18.4. The quantitative estimate of drug-likeness (QED) is 0.166. The van der Waals surface area contributed by atoms with Crippen LogP contribution in [0.5, 0.6) is 0 Å². The number of H-pyrrole nitrogens is 2. The van der Waals surface area contributed by atoms with Crippen LogP contribution in [0.15, 0.2) is 60.9 Å². The summed E-state index contributed by atoms with van der Waals surface area (Å²) in [5, 5.41) is 5.34. The van der Waals surface area contributed by atoms with Crippen LogP contribution in [0.1, 0.15) is 51.4 Å². The smallest absolute Gasteiger partial charge is 0.407 e. The van der Waals surface area contributed by atoms with Crippen molar-refractivity contribution >= 4 is 24.0 Å². The number of hydrogen-bond donors (Lipinski definition) is 4. The van der Waals surface area contributed by atoms with Gasteiger partial charge in [-0.2, -0.15) is 0 Å². The molecular weight excluding hydrogens is 720 g/mol. The lowest BCUT2D eigenvalue weighted by molar-refractivity contribution is -0.144. The van der Waals surface area contributed by atoms with E-state index in [-0.39, 0.29) is 36.9 Å². The van der Waals surface area contributed by atoms with Gasteiger partial charge in [0, 0.05) is 13.1 Å². The standard InChI is InChI=1S/C40H50N8O8/c1-23(2)33(45-39(51)53-5)37(49)47-15-17-55-21-31(47)35-41-19-29(43-35)27-11-7-25(8-12-27)26-9-13-28(14-10-26)30-20-42-36(44-30)32-22-56-18-16-48(32)38(50)34(24(3)4)46-40(52)54-6/h7-14,19-20,23-24,31-34H,15-18,21-22H2,1-6H3,(H,41,43)(H,42,44)(H,45,51)(H,46,52)/t31-,32-,33-,34-/m0/s1. The molecule has 2 aromatic heterocycles. The first-order valence-electron chi connectivity index (χ1n) is 18.8. The Morgan fingerprint density at radius 1 is 0.643 bits per heavy atom. The predicted octanol–water partition coefficient (Wildman–Crippen LogP) is 4.69. The number of carbonyl (C=O) groups is 4. The van der Waals surface area contributed by atoms with Gasteiger partial charge >= 0.3 is 12.2 Å². The summed E-state index contributed by atoms with van der Waals surface area (Å²) in [6, 6.07) is 13.8. The predicted molar refractivity (Wildman–Crippen MR) is 206 cm³/mol. The Balaban J connectivity index is 1.12. The summed E-state index contributed by atoms with van der Waals surface area (Å²) < 4.78 is 21.0. The molecule has 2 saturated heterocycles. The van der Waals surface area contributed by atoms with E-state index in [1.165, 1.54) is 14.2 Å². The highest BCUT2D eigenvalue weighted by molar-refractivity contribution is 5.87. The zero-order valence-electron chi connectivity index (χ0n) is 32.5. The van der Waals surface area contributed by atoms with Gasteiger partial charge in [0.15, 0.2) is 0 Å². The summed E-state index contributed by atoms with van der Waals surface area (Å²) >= 11 is 0. The van der Waals surface area contributed by atoms with Crippen molar-refractivity contribution in [3.8, 4) is 33.6 Å². The molecule has 0 spiro atoms. The number of carbonyl (C=O) groups excluding carboxylic acids is 4. The number of nitrogens with zero attached hydrogens (tertiary/aromatic N) is 4. The number of morpholine rings is 2. The molecule has 2 aliphatic rings. The average molecular weight is 771 g/mol. The molecule has 4 heterocycles. The zero-order valence-corrected chi connectivity index (χ0v) is 32.5. The molecule has 298 valence electrons. The van der Waals surface area contributed by atoms with Gasteiger partial charge < -0.3 is 49.3 Å². The van der Waals surface area contributed by atoms with Gasteiger partial charge in [-0.25, -0.2) is 19.6 Å². The molecule has 0 bridgehead atoms. The maximum Gasteiger partial charge on any atom is 0.407 e. The lowest BCUT2D eigenvalue weighted by atomic mass is 10.0. The van der Waals surface area contributed by atoms with Crippen molar-refractivity contribution in [1.29, 1.82) is 0 Å². The number of hydrogen-bond acceptors (Lipinski definition) is 10.